The second kappa shape index (κ2) is 8.23. The van der Waals surface area contributed by atoms with Gasteiger partial charge in [-0.3, -0.25) is 0 Å². The van der Waals surface area contributed by atoms with Crippen LogP contribution in [0.3, 0.4) is 0 Å². The summed E-state index contributed by atoms with van der Waals surface area (Å²) in [6, 6.07) is 22.5. The zero-order chi connectivity index (χ0) is 23.3. The van der Waals surface area contributed by atoms with Gasteiger partial charge in [-0.2, -0.15) is 0 Å². The summed E-state index contributed by atoms with van der Waals surface area (Å²) in [7, 11) is 15.2. The van der Waals surface area contributed by atoms with Crippen molar-refractivity contribution in [3.05, 3.63) is 89.0 Å². The van der Waals surface area contributed by atoms with Gasteiger partial charge in [-0.25, -0.2) is 0 Å². The number of rotatable bonds is 4. The van der Waals surface area contributed by atoms with Crippen molar-refractivity contribution in [2.45, 2.75) is 45.7 Å². The zero-order valence-corrected chi connectivity index (χ0v) is 25.6. The first-order valence-electron chi connectivity index (χ1n) is 11.1. The average Bonchev–Trinajstić information content (AvgIpc) is 3.11. The van der Waals surface area contributed by atoms with Crippen molar-refractivity contribution in [1.82, 2.24) is 3.30 Å². The van der Waals surface area contributed by atoms with Crippen LogP contribution < -0.4 is 6.62 Å². The van der Waals surface area contributed by atoms with E-state index in [1.807, 2.05) is 30.3 Å². The molecule has 1 aliphatic carbocycles. The van der Waals surface area contributed by atoms with E-state index >= 15 is 0 Å². The molecule has 0 fully saturated rings. The quantitative estimate of drug-likeness (QED) is 0.251. The number of halogens is 2. The molecule has 32 heavy (non-hydrogen) atoms. The number of carbonyl (C=O) groups excluding carboxylic acids is 1. The van der Waals surface area contributed by atoms with Crippen LogP contribution in [0.15, 0.2) is 66.7 Å². The van der Waals surface area contributed by atoms with Crippen molar-refractivity contribution < 1.29 is 20.4 Å². The van der Waals surface area contributed by atoms with Crippen molar-refractivity contribution in [1.29, 1.82) is 0 Å². The molecule has 167 valence electrons. The van der Waals surface area contributed by atoms with Gasteiger partial charge in [0, 0.05) is 0 Å². The number of fused-ring (bicyclic) bond motifs is 3. The summed E-state index contributed by atoms with van der Waals surface area (Å²) in [5, 5.41) is 0. The van der Waals surface area contributed by atoms with Crippen LogP contribution in [0.2, 0.25) is 13.1 Å². The molecule has 0 heterocycles. The Hall–Kier alpha value is -1.20. The van der Waals surface area contributed by atoms with Crippen molar-refractivity contribution in [3.8, 4) is 11.1 Å². The monoisotopic (exact) mass is 650 g/mol. The third kappa shape index (κ3) is 3.98. The van der Waals surface area contributed by atoms with Crippen molar-refractivity contribution in [2.24, 2.45) is 0 Å². The second-order valence-corrected chi connectivity index (χ2v) is 65.4. The SMILES string of the molecule is C[SiH](C)[Hf]([Cl])([Cl])([NH]C(=O)c1ccccc1C(C)(C)C)[c]1cccc2c1Cc1ccccc1-2. The van der Waals surface area contributed by atoms with Crippen molar-refractivity contribution >= 4 is 32.4 Å². The molecule has 0 bridgehead atoms. The van der Waals surface area contributed by atoms with Crippen LogP contribution in [0.5, 0.6) is 0 Å². The molecule has 0 radical (unpaired) electrons. The van der Waals surface area contributed by atoms with E-state index in [1.54, 1.807) is 0 Å². The summed E-state index contributed by atoms with van der Waals surface area (Å²) in [6.07, 6.45) is 0.809. The van der Waals surface area contributed by atoms with Gasteiger partial charge in [0.2, 0.25) is 0 Å². The molecule has 3 aromatic carbocycles. The summed E-state index contributed by atoms with van der Waals surface area (Å²) in [4.78, 5) is 13.7. The van der Waals surface area contributed by atoms with E-state index in [-0.39, 0.29) is 11.3 Å². The van der Waals surface area contributed by atoms with E-state index in [1.165, 1.54) is 22.3 Å². The first-order chi connectivity index (χ1) is 14.9. The van der Waals surface area contributed by atoms with E-state index in [0.717, 1.165) is 15.3 Å². The molecule has 0 aliphatic heterocycles. The summed E-state index contributed by atoms with van der Waals surface area (Å²) in [5.41, 5.74) is 6.42. The van der Waals surface area contributed by atoms with Crippen LogP contribution in [-0.4, -0.2) is 11.9 Å². The topological polar surface area (TPSA) is 29.1 Å². The van der Waals surface area contributed by atoms with Crippen LogP contribution in [-0.2, 0) is 27.4 Å². The molecule has 0 unspecified atom stereocenters. The van der Waals surface area contributed by atoms with Gasteiger partial charge < -0.3 is 0 Å². The molecular formula is C26H30Cl2HfNOSi. The van der Waals surface area contributed by atoms with Crippen LogP contribution in [0.1, 0.15) is 47.8 Å². The third-order valence-corrected chi connectivity index (χ3v) is 68.3. The Bertz CT molecular complexity index is 1220. The molecule has 0 atom stereocenters. The van der Waals surface area contributed by atoms with Crippen LogP contribution >= 0.6 is 17.2 Å². The fraction of sp³-hybridized carbons (Fsp3) is 0.269. The standard InChI is InChI=1S/C13H9.C11H15NO.C2H7Si.2ClH.Hf/c1-3-7-12-10(5-1)9-11-6-2-4-8-13(11)12;1-11(2,3)9-7-5-4-6-8(9)10(12)13;1-3-2;;;/h1-5,7-8H,9H2;4-7H,1-3H3,(H2,12,13);3H,1-2H3;2*1H;/q;;;;;+3/p-3. The molecule has 1 amide bonds. The molecule has 6 heteroatoms. The van der Waals surface area contributed by atoms with Crippen LogP contribution in [0.25, 0.3) is 11.1 Å². The normalized spacial score (nSPS) is 14.4. The molecule has 0 spiro atoms. The Morgan fingerprint density at radius 1 is 0.906 bits per heavy atom. The fourth-order valence-corrected chi connectivity index (χ4v) is 29.7. The van der Waals surface area contributed by atoms with Gasteiger partial charge in [-0.1, -0.05) is 0 Å². The molecule has 3 aromatic rings. The van der Waals surface area contributed by atoms with E-state index in [0.29, 0.717) is 5.56 Å². The van der Waals surface area contributed by atoms with E-state index in [2.05, 4.69) is 73.6 Å². The Balaban J connectivity index is 1.84. The Morgan fingerprint density at radius 3 is 2.22 bits per heavy atom. The molecular weight excluding hydrogens is 620 g/mol. The van der Waals surface area contributed by atoms with Crippen LogP contribution in [0, 0.1) is 0 Å². The summed E-state index contributed by atoms with van der Waals surface area (Å²) < 4.78 is 4.36. The number of hydrogen-bond acceptors (Lipinski definition) is 1. The third-order valence-electron chi connectivity index (χ3n) is 6.68. The zero-order valence-electron chi connectivity index (χ0n) is 19.3. The number of hydrogen-bond donors (Lipinski definition) is 1. The molecule has 2 nitrogen and oxygen atoms in total. The maximum absolute atomic E-state index is 13.7. The van der Waals surface area contributed by atoms with Crippen molar-refractivity contribution in [2.75, 3.05) is 0 Å². The summed E-state index contributed by atoms with van der Waals surface area (Å²) in [5.74, 6) is -1.84. The first kappa shape index (κ1) is 23.9. The maximum atomic E-state index is 13.7. The predicted molar refractivity (Wildman–Crippen MR) is 138 cm³/mol. The summed E-state index contributed by atoms with van der Waals surface area (Å²) in [6.45, 7) is 10.7. The molecule has 1 aliphatic rings. The van der Waals surface area contributed by atoms with Gasteiger partial charge >= 0.3 is 202 Å². The first-order valence-corrected chi connectivity index (χ1v) is 32.7. The second-order valence-electron chi connectivity index (χ2n) is 10.2. The minimum atomic E-state index is -5.02. The molecule has 4 rings (SSSR count). The van der Waals surface area contributed by atoms with Gasteiger partial charge in [0.15, 0.2) is 0 Å². The fourth-order valence-electron chi connectivity index (χ4n) is 4.72. The minimum absolute atomic E-state index is 0.148. The van der Waals surface area contributed by atoms with E-state index in [9.17, 15) is 4.79 Å². The van der Waals surface area contributed by atoms with Gasteiger partial charge in [0.05, 0.1) is 0 Å². The molecule has 0 saturated carbocycles. The number of amides is 1. The summed E-state index contributed by atoms with van der Waals surface area (Å²) >= 11 is -5.02. The number of benzene rings is 3. The Kier molecular flexibility index (Phi) is 6.16. The van der Waals surface area contributed by atoms with Crippen LogP contribution in [0.4, 0.5) is 0 Å². The van der Waals surface area contributed by atoms with E-state index in [4.69, 9.17) is 17.2 Å². The molecule has 0 aromatic heterocycles. The number of nitrogens with one attached hydrogen (secondary N) is 1. The van der Waals surface area contributed by atoms with Gasteiger partial charge in [-0.15, -0.1) is 0 Å². The van der Waals surface area contributed by atoms with E-state index < -0.39 is 21.6 Å². The van der Waals surface area contributed by atoms with Gasteiger partial charge in [0.1, 0.15) is 0 Å². The molecule has 1 N–H and O–H groups in total. The Labute approximate surface area is 200 Å². The Morgan fingerprint density at radius 2 is 1.53 bits per heavy atom. The van der Waals surface area contributed by atoms with Gasteiger partial charge in [-0.05, 0) is 0 Å². The number of carbonyl (C=O) groups is 1. The van der Waals surface area contributed by atoms with Crippen molar-refractivity contribution in [3.63, 3.8) is 0 Å². The average molecular weight is 650 g/mol. The predicted octanol–water partition coefficient (Wildman–Crippen LogP) is 6.51. The van der Waals surface area contributed by atoms with Gasteiger partial charge in [0.25, 0.3) is 0 Å². The molecule has 0 saturated heterocycles.